The maximum Gasteiger partial charge on any atom is 0.140 e. The minimum Gasteiger partial charge on any atom is -0.299 e. The third-order valence-electron chi connectivity index (χ3n) is 4.50. The number of rotatable bonds is 0. The van der Waals surface area contributed by atoms with E-state index in [0.29, 0.717) is 11.2 Å². The lowest BCUT2D eigenvalue weighted by Gasteiger charge is -2.38. The molecule has 2 aliphatic carbocycles. The van der Waals surface area contributed by atoms with Crippen LogP contribution in [0.2, 0.25) is 0 Å². The molecule has 0 aromatic carbocycles. The van der Waals surface area contributed by atoms with Crippen LogP contribution in [0.25, 0.3) is 0 Å². The number of Topliss-reactive ketones (excluding diaryl/α,β-unsaturated/α-hetero) is 1. The highest BCUT2D eigenvalue weighted by Crippen LogP contribution is 2.44. The van der Waals surface area contributed by atoms with Crippen LogP contribution in [-0.4, -0.2) is 5.78 Å². The average Bonchev–Trinajstić information content (AvgIpc) is 2.17. The highest BCUT2D eigenvalue weighted by molar-refractivity contribution is 5.84. The molecule has 16 heavy (non-hydrogen) atoms. The van der Waals surface area contributed by atoms with Crippen molar-refractivity contribution in [3.8, 4) is 0 Å². The number of carbonyl (C=O) groups excluding carboxylic acids is 1. The van der Waals surface area contributed by atoms with E-state index in [1.807, 2.05) is 0 Å². The molecule has 0 radical (unpaired) electrons. The number of allylic oxidation sites excluding steroid dienone is 2. The maximum absolute atomic E-state index is 11.7. The van der Waals surface area contributed by atoms with Gasteiger partial charge in [-0.2, -0.15) is 0 Å². The molecule has 0 amide bonds. The molecule has 2 aliphatic rings. The molecule has 0 aliphatic heterocycles. The molecule has 0 fully saturated rings. The summed E-state index contributed by atoms with van der Waals surface area (Å²) in [5, 5.41) is 0. The van der Waals surface area contributed by atoms with Crippen LogP contribution in [0.4, 0.5) is 0 Å². The lowest BCUT2D eigenvalue weighted by atomic mass is 9.67. The normalized spacial score (nSPS) is 31.6. The quantitative estimate of drug-likeness (QED) is 0.561. The predicted molar refractivity (Wildman–Crippen MR) is 67.2 cm³/mol. The van der Waals surface area contributed by atoms with Gasteiger partial charge >= 0.3 is 0 Å². The van der Waals surface area contributed by atoms with Crippen LogP contribution in [0, 0.1) is 17.3 Å². The molecule has 0 aromatic heterocycles. The summed E-state index contributed by atoms with van der Waals surface area (Å²) >= 11 is 0. The lowest BCUT2D eigenvalue weighted by molar-refractivity contribution is -0.122. The highest BCUT2D eigenvalue weighted by atomic mass is 16.1. The van der Waals surface area contributed by atoms with E-state index in [0.717, 1.165) is 18.8 Å². The summed E-state index contributed by atoms with van der Waals surface area (Å²) in [7, 11) is 0. The van der Waals surface area contributed by atoms with Crippen molar-refractivity contribution in [3.63, 3.8) is 0 Å². The molecule has 0 aromatic rings. The van der Waals surface area contributed by atoms with Gasteiger partial charge in [0.2, 0.25) is 0 Å². The van der Waals surface area contributed by atoms with Crippen molar-refractivity contribution in [2.24, 2.45) is 17.3 Å². The fourth-order valence-corrected chi connectivity index (χ4v) is 3.12. The van der Waals surface area contributed by atoms with Crippen LogP contribution in [0.15, 0.2) is 11.1 Å². The Labute approximate surface area is 99.3 Å². The number of ketones is 1. The van der Waals surface area contributed by atoms with E-state index in [-0.39, 0.29) is 5.92 Å². The minimum absolute atomic E-state index is 0.275. The Morgan fingerprint density at radius 1 is 1.12 bits per heavy atom. The van der Waals surface area contributed by atoms with Crippen LogP contribution < -0.4 is 0 Å². The Hall–Kier alpha value is -0.590. The van der Waals surface area contributed by atoms with E-state index in [1.165, 1.54) is 24.8 Å². The molecule has 0 saturated heterocycles. The van der Waals surface area contributed by atoms with Gasteiger partial charge in [-0.25, -0.2) is 0 Å². The second-order valence-corrected chi connectivity index (χ2v) is 6.76. The summed E-state index contributed by atoms with van der Waals surface area (Å²) in [5.74, 6) is 1.55. The second kappa shape index (κ2) is 4.01. The van der Waals surface area contributed by atoms with Gasteiger partial charge in [-0.15, -0.1) is 0 Å². The molecule has 0 N–H and O–H groups in total. The number of hydrogen-bond donors (Lipinski definition) is 0. The zero-order chi connectivity index (χ0) is 11.9. The fraction of sp³-hybridized carbons (Fsp3) is 0.800. The number of hydrogen-bond acceptors (Lipinski definition) is 1. The van der Waals surface area contributed by atoms with Gasteiger partial charge in [-0.3, -0.25) is 4.79 Å². The van der Waals surface area contributed by atoms with Gasteiger partial charge in [0.15, 0.2) is 0 Å². The Balaban J connectivity index is 2.15. The maximum atomic E-state index is 11.7. The average molecular weight is 220 g/mol. The molecular weight excluding hydrogens is 196 g/mol. The van der Waals surface area contributed by atoms with Crippen molar-refractivity contribution in [2.45, 2.75) is 59.8 Å². The van der Waals surface area contributed by atoms with Crippen molar-refractivity contribution in [1.29, 1.82) is 0 Å². The summed E-state index contributed by atoms with van der Waals surface area (Å²) in [4.78, 5) is 11.7. The SMILES string of the molecule is CC1CC2=C(CCC(C(C)(C)C)C2)CC1=O. The Kier molecular flexibility index (Phi) is 2.98. The van der Waals surface area contributed by atoms with E-state index >= 15 is 0 Å². The Morgan fingerprint density at radius 3 is 2.44 bits per heavy atom. The zero-order valence-corrected chi connectivity index (χ0v) is 11.1. The van der Waals surface area contributed by atoms with Crippen LogP contribution in [0.1, 0.15) is 59.8 Å². The molecule has 0 spiro atoms. The Morgan fingerprint density at radius 2 is 1.81 bits per heavy atom. The monoisotopic (exact) mass is 220 g/mol. The highest BCUT2D eigenvalue weighted by Gasteiger charge is 2.33. The third kappa shape index (κ3) is 2.23. The predicted octanol–water partition coefficient (Wildman–Crippen LogP) is 4.13. The zero-order valence-electron chi connectivity index (χ0n) is 11.1. The smallest absolute Gasteiger partial charge is 0.140 e. The first kappa shape index (κ1) is 11.9. The molecule has 2 unspecified atom stereocenters. The molecule has 2 atom stereocenters. The standard InChI is InChI=1S/C15H24O/c1-10-7-12-8-13(15(2,3)4)6-5-11(12)9-14(10)16/h10,13H,5-9H2,1-4H3. The summed E-state index contributed by atoms with van der Waals surface area (Å²) in [6.45, 7) is 9.13. The van der Waals surface area contributed by atoms with Gasteiger partial charge in [0.1, 0.15) is 5.78 Å². The molecule has 1 nitrogen and oxygen atoms in total. The molecule has 0 bridgehead atoms. The van der Waals surface area contributed by atoms with E-state index in [4.69, 9.17) is 0 Å². The molecule has 0 saturated carbocycles. The van der Waals surface area contributed by atoms with Gasteiger partial charge in [0.05, 0.1) is 0 Å². The van der Waals surface area contributed by atoms with E-state index in [9.17, 15) is 4.79 Å². The van der Waals surface area contributed by atoms with Crippen LogP contribution >= 0.6 is 0 Å². The van der Waals surface area contributed by atoms with Crippen LogP contribution in [-0.2, 0) is 4.79 Å². The summed E-state index contributed by atoms with van der Waals surface area (Å²) in [6, 6.07) is 0. The van der Waals surface area contributed by atoms with E-state index < -0.39 is 0 Å². The molecule has 2 rings (SSSR count). The molecule has 90 valence electrons. The lowest BCUT2D eigenvalue weighted by Crippen LogP contribution is -2.28. The third-order valence-corrected chi connectivity index (χ3v) is 4.50. The minimum atomic E-state index is 0.275. The molecule has 1 heteroatoms. The van der Waals surface area contributed by atoms with Crippen molar-refractivity contribution < 1.29 is 4.79 Å². The van der Waals surface area contributed by atoms with Crippen molar-refractivity contribution >= 4 is 5.78 Å². The second-order valence-electron chi connectivity index (χ2n) is 6.76. The van der Waals surface area contributed by atoms with E-state index in [2.05, 4.69) is 27.7 Å². The van der Waals surface area contributed by atoms with Gasteiger partial charge in [0.25, 0.3) is 0 Å². The van der Waals surface area contributed by atoms with Crippen LogP contribution in [0.5, 0.6) is 0 Å². The summed E-state index contributed by atoms with van der Waals surface area (Å²) < 4.78 is 0. The van der Waals surface area contributed by atoms with E-state index in [1.54, 1.807) is 5.57 Å². The first-order chi connectivity index (χ1) is 7.38. The first-order valence-corrected chi connectivity index (χ1v) is 6.60. The number of carbonyl (C=O) groups is 1. The first-order valence-electron chi connectivity index (χ1n) is 6.60. The van der Waals surface area contributed by atoms with Crippen molar-refractivity contribution in [2.75, 3.05) is 0 Å². The summed E-state index contributed by atoms with van der Waals surface area (Å²) in [6.07, 6.45) is 5.50. The fourth-order valence-electron chi connectivity index (χ4n) is 3.12. The summed E-state index contributed by atoms with van der Waals surface area (Å²) in [5.41, 5.74) is 3.53. The molecule has 0 heterocycles. The largest absolute Gasteiger partial charge is 0.299 e. The topological polar surface area (TPSA) is 17.1 Å². The van der Waals surface area contributed by atoms with Crippen molar-refractivity contribution in [3.05, 3.63) is 11.1 Å². The molecular formula is C15H24O. The Bertz CT molecular complexity index is 330. The van der Waals surface area contributed by atoms with Crippen LogP contribution in [0.3, 0.4) is 0 Å². The van der Waals surface area contributed by atoms with Crippen molar-refractivity contribution in [1.82, 2.24) is 0 Å². The van der Waals surface area contributed by atoms with Gasteiger partial charge in [-0.05, 0) is 37.0 Å². The van der Waals surface area contributed by atoms with Gasteiger partial charge in [0, 0.05) is 12.3 Å². The van der Waals surface area contributed by atoms with Gasteiger partial charge in [-0.1, -0.05) is 38.8 Å². The van der Waals surface area contributed by atoms with Gasteiger partial charge < -0.3 is 0 Å².